The van der Waals surface area contributed by atoms with Crippen molar-refractivity contribution >= 4 is 11.7 Å². The molecule has 0 unspecified atom stereocenters. The van der Waals surface area contributed by atoms with Crippen molar-refractivity contribution in [2.75, 3.05) is 18.5 Å². The van der Waals surface area contributed by atoms with E-state index in [1.54, 1.807) is 0 Å². The first-order valence-electron chi connectivity index (χ1n) is 9.04. The molecule has 0 fully saturated rings. The molecule has 2 amide bonds. The summed E-state index contributed by atoms with van der Waals surface area (Å²) < 4.78 is 7.41. The highest BCUT2D eigenvalue weighted by Crippen LogP contribution is 2.25. The summed E-state index contributed by atoms with van der Waals surface area (Å²) in [5.74, 6) is 0.675. The van der Waals surface area contributed by atoms with Crippen LogP contribution in [0.3, 0.4) is 0 Å². The fourth-order valence-electron chi connectivity index (χ4n) is 2.70. The molecule has 1 heterocycles. The predicted octanol–water partition coefficient (Wildman–Crippen LogP) is 3.94. The quantitative estimate of drug-likeness (QED) is 0.667. The lowest BCUT2D eigenvalue weighted by Crippen LogP contribution is -2.30. The Bertz CT molecular complexity index is 890. The van der Waals surface area contributed by atoms with Crippen LogP contribution in [0.5, 0.6) is 5.75 Å². The van der Waals surface area contributed by atoms with Crippen LogP contribution in [0.1, 0.15) is 18.2 Å². The summed E-state index contributed by atoms with van der Waals surface area (Å²) in [5, 5.41) is 10.2. The number of para-hydroxylation sites is 1. The van der Waals surface area contributed by atoms with E-state index < -0.39 is 0 Å². The number of urea groups is 1. The van der Waals surface area contributed by atoms with Crippen molar-refractivity contribution < 1.29 is 9.53 Å². The Balaban J connectivity index is 1.51. The third-order valence-electron chi connectivity index (χ3n) is 4.02. The van der Waals surface area contributed by atoms with Crippen LogP contribution in [-0.4, -0.2) is 29.0 Å². The molecule has 0 aliphatic rings. The number of amides is 2. The number of benzene rings is 2. The number of ether oxygens (including phenoxy) is 1. The summed E-state index contributed by atoms with van der Waals surface area (Å²) in [5.41, 5.74) is 3.67. The van der Waals surface area contributed by atoms with Gasteiger partial charge in [0.15, 0.2) is 0 Å². The zero-order valence-electron chi connectivity index (χ0n) is 15.6. The fraction of sp³-hybridized carbons (Fsp3) is 0.238. The minimum atomic E-state index is -0.262. The van der Waals surface area contributed by atoms with Gasteiger partial charge < -0.3 is 15.4 Å². The molecule has 0 bridgehead atoms. The molecule has 0 aliphatic carbocycles. The van der Waals surface area contributed by atoms with Crippen LogP contribution in [0, 0.1) is 6.92 Å². The second-order valence-corrected chi connectivity index (χ2v) is 6.15. The van der Waals surface area contributed by atoms with Crippen LogP contribution in [0.2, 0.25) is 0 Å². The lowest BCUT2D eigenvalue weighted by Gasteiger charge is -2.12. The van der Waals surface area contributed by atoms with E-state index in [1.807, 2.05) is 79.3 Å². The highest BCUT2D eigenvalue weighted by atomic mass is 16.5. The summed E-state index contributed by atoms with van der Waals surface area (Å²) >= 11 is 0. The smallest absolute Gasteiger partial charge is 0.319 e. The minimum absolute atomic E-state index is 0.262. The molecule has 27 heavy (non-hydrogen) atoms. The molecular weight excluding hydrogens is 340 g/mol. The molecule has 6 heteroatoms. The Morgan fingerprint density at radius 2 is 1.96 bits per heavy atom. The number of anilines is 1. The summed E-state index contributed by atoms with van der Waals surface area (Å²) in [6, 6.07) is 17.3. The molecule has 140 valence electrons. The van der Waals surface area contributed by atoms with Gasteiger partial charge >= 0.3 is 6.03 Å². The highest BCUT2D eigenvalue weighted by molar-refractivity contribution is 5.90. The molecule has 2 aromatic carbocycles. The van der Waals surface area contributed by atoms with E-state index in [0.29, 0.717) is 31.0 Å². The average Bonchev–Trinajstić information content (AvgIpc) is 3.14. The van der Waals surface area contributed by atoms with Gasteiger partial charge in [0.25, 0.3) is 0 Å². The third-order valence-corrected chi connectivity index (χ3v) is 4.02. The van der Waals surface area contributed by atoms with Crippen LogP contribution in [0.25, 0.3) is 5.69 Å². The SMILES string of the molecule is CCOc1cc(C)ccc1NC(=O)NCCc1ccn(-c2ccccc2)n1. The van der Waals surface area contributed by atoms with Gasteiger partial charge in [0, 0.05) is 19.2 Å². The number of hydrogen-bond acceptors (Lipinski definition) is 3. The number of hydrogen-bond donors (Lipinski definition) is 2. The molecule has 6 nitrogen and oxygen atoms in total. The van der Waals surface area contributed by atoms with Crippen molar-refractivity contribution in [1.82, 2.24) is 15.1 Å². The molecule has 3 rings (SSSR count). The zero-order valence-corrected chi connectivity index (χ0v) is 15.6. The average molecular weight is 364 g/mol. The van der Waals surface area contributed by atoms with E-state index >= 15 is 0 Å². The molecule has 1 aromatic heterocycles. The number of rotatable bonds is 7. The molecule has 3 aromatic rings. The zero-order chi connectivity index (χ0) is 19.1. The van der Waals surface area contributed by atoms with E-state index in [4.69, 9.17) is 4.74 Å². The predicted molar refractivity (Wildman–Crippen MR) is 107 cm³/mol. The van der Waals surface area contributed by atoms with Gasteiger partial charge in [-0.3, -0.25) is 0 Å². The first kappa shape index (κ1) is 18.5. The number of carbonyl (C=O) groups excluding carboxylic acids is 1. The van der Waals surface area contributed by atoms with Crippen molar-refractivity contribution in [3.63, 3.8) is 0 Å². The number of aromatic nitrogens is 2. The first-order chi connectivity index (χ1) is 13.2. The Morgan fingerprint density at radius 3 is 2.74 bits per heavy atom. The molecule has 0 saturated heterocycles. The Labute approximate surface area is 159 Å². The van der Waals surface area contributed by atoms with E-state index in [9.17, 15) is 4.79 Å². The molecule has 0 radical (unpaired) electrons. The van der Waals surface area contributed by atoms with Crippen molar-refractivity contribution in [3.05, 3.63) is 72.1 Å². The standard InChI is InChI=1S/C21H24N4O2/c1-3-27-20-15-16(2)9-10-19(20)23-21(26)22-13-11-17-12-14-25(24-17)18-7-5-4-6-8-18/h4-10,12,14-15H,3,11,13H2,1-2H3,(H2,22,23,26). The van der Waals surface area contributed by atoms with Gasteiger partial charge in [0.05, 0.1) is 23.7 Å². The number of carbonyl (C=O) groups is 1. The summed E-state index contributed by atoms with van der Waals surface area (Å²) in [7, 11) is 0. The molecule has 0 atom stereocenters. The normalized spacial score (nSPS) is 10.4. The van der Waals surface area contributed by atoms with Crippen molar-refractivity contribution in [2.45, 2.75) is 20.3 Å². The largest absolute Gasteiger partial charge is 0.492 e. The number of nitrogens with one attached hydrogen (secondary N) is 2. The fourth-order valence-corrected chi connectivity index (χ4v) is 2.70. The minimum Gasteiger partial charge on any atom is -0.492 e. The Kier molecular flexibility index (Phi) is 6.10. The molecule has 0 aliphatic heterocycles. The van der Waals surface area contributed by atoms with Gasteiger partial charge in [0.1, 0.15) is 5.75 Å². The van der Waals surface area contributed by atoms with Gasteiger partial charge in [-0.25, -0.2) is 9.48 Å². The van der Waals surface area contributed by atoms with E-state index in [1.165, 1.54) is 0 Å². The van der Waals surface area contributed by atoms with E-state index in [2.05, 4.69) is 15.7 Å². The lowest BCUT2D eigenvalue weighted by molar-refractivity contribution is 0.252. The van der Waals surface area contributed by atoms with E-state index in [-0.39, 0.29) is 6.03 Å². The summed E-state index contributed by atoms with van der Waals surface area (Å²) in [6.07, 6.45) is 2.57. The Hall–Kier alpha value is -3.28. The maximum Gasteiger partial charge on any atom is 0.319 e. The van der Waals surface area contributed by atoms with Gasteiger partial charge in [-0.15, -0.1) is 0 Å². The molecule has 0 saturated carbocycles. The van der Waals surface area contributed by atoms with Gasteiger partial charge in [-0.2, -0.15) is 5.10 Å². The summed E-state index contributed by atoms with van der Waals surface area (Å²) in [4.78, 5) is 12.2. The molecule has 0 spiro atoms. The Morgan fingerprint density at radius 1 is 1.15 bits per heavy atom. The van der Waals surface area contributed by atoms with Gasteiger partial charge in [-0.1, -0.05) is 24.3 Å². The van der Waals surface area contributed by atoms with Crippen molar-refractivity contribution in [3.8, 4) is 11.4 Å². The third kappa shape index (κ3) is 5.10. The van der Waals surface area contributed by atoms with E-state index in [0.717, 1.165) is 16.9 Å². The second kappa shape index (κ2) is 8.89. The van der Waals surface area contributed by atoms with Gasteiger partial charge in [0.2, 0.25) is 0 Å². The summed E-state index contributed by atoms with van der Waals surface area (Å²) in [6.45, 7) is 4.94. The first-order valence-corrected chi connectivity index (χ1v) is 9.04. The van der Waals surface area contributed by atoms with Crippen molar-refractivity contribution in [2.24, 2.45) is 0 Å². The highest BCUT2D eigenvalue weighted by Gasteiger charge is 2.08. The topological polar surface area (TPSA) is 68.2 Å². The van der Waals surface area contributed by atoms with Crippen LogP contribution in [0.15, 0.2) is 60.8 Å². The number of aryl methyl sites for hydroxylation is 1. The number of nitrogens with zero attached hydrogens (tertiary/aromatic N) is 2. The van der Waals surface area contributed by atoms with Crippen LogP contribution in [-0.2, 0) is 6.42 Å². The lowest BCUT2D eigenvalue weighted by atomic mass is 10.2. The van der Waals surface area contributed by atoms with Crippen LogP contribution in [0.4, 0.5) is 10.5 Å². The van der Waals surface area contributed by atoms with Gasteiger partial charge in [-0.05, 0) is 49.7 Å². The van der Waals surface area contributed by atoms with Crippen LogP contribution >= 0.6 is 0 Å². The molecular formula is C21H24N4O2. The maximum atomic E-state index is 12.2. The maximum absolute atomic E-state index is 12.2. The second-order valence-electron chi connectivity index (χ2n) is 6.15. The van der Waals surface area contributed by atoms with Crippen LogP contribution < -0.4 is 15.4 Å². The van der Waals surface area contributed by atoms with Crippen molar-refractivity contribution in [1.29, 1.82) is 0 Å². The monoisotopic (exact) mass is 364 g/mol. The molecule has 2 N–H and O–H groups in total.